The van der Waals surface area contributed by atoms with Crippen molar-refractivity contribution in [2.45, 2.75) is 6.10 Å². The van der Waals surface area contributed by atoms with Crippen LogP contribution < -0.4 is 11.1 Å². The molecule has 4 N–H and O–H groups in total. The molecule has 0 spiro atoms. The Bertz CT molecular complexity index is 620. The van der Waals surface area contributed by atoms with E-state index in [2.05, 4.69) is 5.32 Å². The van der Waals surface area contributed by atoms with Gasteiger partial charge in [0, 0.05) is 5.56 Å². The van der Waals surface area contributed by atoms with Crippen molar-refractivity contribution >= 4 is 22.6 Å². The largest absolute Gasteiger partial charge is 0.381 e. The Morgan fingerprint density at radius 2 is 1.84 bits per heavy atom. The molecular weight excluding hydrogens is 244 g/mol. The van der Waals surface area contributed by atoms with Gasteiger partial charge in [0.15, 0.2) is 0 Å². The molecule has 2 aromatic rings. The molecule has 19 heavy (non-hydrogen) atoms. The fourth-order valence-electron chi connectivity index (χ4n) is 1.81. The number of aliphatic hydroxyl groups excluding tert-OH is 1. The summed E-state index contributed by atoms with van der Waals surface area (Å²) < 4.78 is 0. The summed E-state index contributed by atoms with van der Waals surface area (Å²) in [5.41, 5.74) is 5.41. The van der Waals surface area contributed by atoms with E-state index in [1.165, 1.54) is 0 Å². The number of nitrogens with two attached hydrogens (primary N) is 1. The Kier molecular flexibility index (Phi) is 3.77. The molecule has 0 radical (unpaired) electrons. The normalized spacial score (nSPS) is 12.1. The zero-order chi connectivity index (χ0) is 13.8. The van der Waals surface area contributed by atoms with E-state index in [-0.39, 0.29) is 12.5 Å². The first-order valence-electron chi connectivity index (χ1n) is 5.83. The van der Waals surface area contributed by atoms with Crippen molar-refractivity contribution in [3.63, 3.8) is 0 Å². The standard InChI is InChI=1S/C14H14N2O3/c15-13(18)12(17)8-16-14(19)11-7-3-5-9-4-1-2-6-10(9)11/h1-7,12,17H,8H2,(H2,15,18)(H,16,19). The lowest BCUT2D eigenvalue weighted by Gasteiger charge is -2.10. The van der Waals surface area contributed by atoms with Crippen molar-refractivity contribution in [3.8, 4) is 0 Å². The summed E-state index contributed by atoms with van der Waals surface area (Å²) >= 11 is 0. The monoisotopic (exact) mass is 258 g/mol. The average Bonchev–Trinajstić information content (AvgIpc) is 2.43. The lowest BCUT2D eigenvalue weighted by Crippen LogP contribution is -2.40. The Morgan fingerprint density at radius 1 is 1.16 bits per heavy atom. The third-order valence-electron chi connectivity index (χ3n) is 2.82. The van der Waals surface area contributed by atoms with Crippen LogP contribution in [0.25, 0.3) is 10.8 Å². The minimum Gasteiger partial charge on any atom is -0.381 e. The summed E-state index contributed by atoms with van der Waals surface area (Å²) in [4.78, 5) is 22.7. The SMILES string of the molecule is NC(=O)C(O)CNC(=O)c1cccc2ccccc12. The van der Waals surface area contributed by atoms with Gasteiger partial charge in [-0.2, -0.15) is 0 Å². The van der Waals surface area contributed by atoms with E-state index >= 15 is 0 Å². The van der Waals surface area contributed by atoms with Gasteiger partial charge in [-0.1, -0.05) is 36.4 Å². The Morgan fingerprint density at radius 3 is 2.58 bits per heavy atom. The molecule has 0 aliphatic heterocycles. The van der Waals surface area contributed by atoms with E-state index < -0.39 is 12.0 Å². The number of fused-ring (bicyclic) bond motifs is 1. The van der Waals surface area contributed by atoms with Crippen LogP contribution in [0.2, 0.25) is 0 Å². The Labute approximate surface area is 110 Å². The molecule has 5 heteroatoms. The predicted octanol–water partition coefficient (Wildman–Crippen LogP) is 0.416. The van der Waals surface area contributed by atoms with Gasteiger partial charge in [0.25, 0.3) is 5.91 Å². The first-order valence-corrected chi connectivity index (χ1v) is 5.83. The molecule has 0 aliphatic rings. The number of nitrogens with one attached hydrogen (secondary N) is 1. The average molecular weight is 258 g/mol. The van der Waals surface area contributed by atoms with Crippen LogP contribution in [0.1, 0.15) is 10.4 Å². The molecule has 2 rings (SSSR count). The van der Waals surface area contributed by atoms with E-state index in [4.69, 9.17) is 5.73 Å². The van der Waals surface area contributed by atoms with Crippen molar-refractivity contribution in [1.82, 2.24) is 5.32 Å². The van der Waals surface area contributed by atoms with Gasteiger partial charge in [-0.15, -0.1) is 0 Å². The molecule has 2 amide bonds. The number of amides is 2. The van der Waals surface area contributed by atoms with Gasteiger partial charge in [0.2, 0.25) is 5.91 Å². The number of carbonyl (C=O) groups excluding carboxylic acids is 2. The second kappa shape index (κ2) is 5.49. The zero-order valence-corrected chi connectivity index (χ0v) is 10.2. The summed E-state index contributed by atoms with van der Waals surface area (Å²) in [6.45, 7) is -0.197. The van der Waals surface area contributed by atoms with E-state index in [0.717, 1.165) is 10.8 Å². The lowest BCUT2D eigenvalue weighted by molar-refractivity contribution is -0.125. The van der Waals surface area contributed by atoms with Crippen LogP contribution >= 0.6 is 0 Å². The second-order valence-corrected chi connectivity index (χ2v) is 4.15. The Hall–Kier alpha value is -2.40. The van der Waals surface area contributed by atoms with Crippen LogP contribution in [-0.4, -0.2) is 29.6 Å². The number of hydrogen-bond acceptors (Lipinski definition) is 3. The van der Waals surface area contributed by atoms with E-state index in [1.807, 2.05) is 30.3 Å². The molecule has 0 heterocycles. The van der Waals surface area contributed by atoms with Gasteiger partial charge in [-0.3, -0.25) is 9.59 Å². The Balaban J connectivity index is 2.20. The minimum atomic E-state index is -1.38. The van der Waals surface area contributed by atoms with Crippen molar-refractivity contribution < 1.29 is 14.7 Å². The number of carbonyl (C=O) groups is 2. The fraction of sp³-hybridized carbons (Fsp3) is 0.143. The zero-order valence-electron chi connectivity index (χ0n) is 10.2. The van der Waals surface area contributed by atoms with Crippen LogP contribution in [0.4, 0.5) is 0 Å². The number of aliphatic hydroxyl groups is 1. The molecule has 0 aliphatic carbocycles. The van der Waals surface area contributed by atoms with Crippen LogP contribution in [0.3, 0.4) is 0 Å². The maximum Gasteiger partial charge on any atom is 0.252 e. The van der Waals surface area contributed by atoms with Crippen molar-refractivity contribution in [2.24, 2.45) is 5.73 Å². The summed E-state index contributed by atoms with van der Waals surface area (Å²) in [5.74, 6) is -1.21. The van der Waals surface area contributed by atoms with Crippen molar-refractivity contribution in [3.05, 3.63) is 48.0 Å². The highest BCUT2D eigenvalue weighted by Gasteiger charge is 2.14. The first kappa shape index (κ1) is 13.0. The molecule has 0 fully saturated rings. The van der Waals surface area contributed by atoms with Gasteiger partial charge >= 0.3 is 0 Å². The third kappa shape index (κ3) is 2.89. The summed E-state index contributed by atoms with van der Waals surface area (Å²) in [6, 6.07) is 12.9. The van der Waals surface area contributed by atoms with Crippen LogP contribution in [0.5, 0.6) is 0 Å². The van der Waals surface area contributed by atoms with E-state index in [1.54, 1.807) is 12.1 Å². The quantitative estimate of drug-likeness (QED) is 0.742. The molecule has 1 unspecified atom stereocenters. The molecule has 1 atom stereocenters. The summed E-state index contributed by atoms with van der Waals surface area (Å²) in [5, 5.41) is 13.5. The molecule has 98 valence electrons. The maximum atomic E-state index is 12.0. The van der Waals surface area contributed by atoms with Gasteiger partial charge in [-0.05, 0) is 16.8 Å². The first-order chi connectivity index (χ1) is 9.09. The predicted molar refractivity (Wildman–Crippen MR) is 71.5 cm³/mol. The van der Waals surface area contributed by atoms with Gasteiger partial charge in [0.05, 0.1) is 6.54 Å². The number of primary amides is 1. The van der Waals surface area contributed by atoms with E-state index in [0.29, 0.717) is 5.56 Å². The van der Waals surface area contributed by atoms with Crippen LogP contribution in [0, 0.1) is 0 Å². The van der Waals surface area contributed by atoms with Crippen molar-refractivity contribution in [2.75, 3.05) is 6.54 Å². The molecular formula is C14H14N2O3. The lowest BCUT2D eigenvalue weighted by atomic mass is 10.0. The highest BCUT2D eigenvalue weighted by molar-refractivity contribution is 6.07. The topological polar surface area (TPSA) is 92.4 Å². The van der Waals surface area contributed by atoms with Crippen LogP contribution in [-0.2, 0) is 4.79 Å². The molecule has 0 aromatic heterocycles. The maximum absolute atomic E-state index is 12.0. The molecule has 0 bridgehead atoms. The molecule has 0 saturated carbocycles. The minimum absolute atomic E-state index is 0.197. The number of hydrogen-bond donors (Lipinski definition) is 3. The summed E-state index contributed by atoms with van der Waals surface area (Å²) in [6.07, 6.45) is -1.38. The molecule has 5 nitrogen and oxygen atoms in total. The second-order valence-electron chi connectivity index (χ2n) is 4.15. The van der Waals surface area contributed by atoms with Gasteiger partial charge in [-0.25, -0.2) is 0 Å². The van der Waals surface area contributed by atoms with Crippen LogP contribution in [0.15, 0.2) is 42.5 Å². The highest BCUT2D eigenvalue weighted by atomic mass is 16.3. The number of rotatable bonds is 4. The van der Waals surface area contributed by atoms with E-state index in [9.17, 15) is 14.7 Å². The number of benzene rings is 2. The fourth-order valence-corrected chi connectivity index (χ4v) is 1.81. The summed E-state index contributed by atoms with van der Waals surface area (Å²) in [7, 11) is 0. The van der Waals surface area contributed by atoms with Crippen molar-refractivity contribution in [1.29, 1.82) is 0 Å². The third-order valence-corrected chi connectivity index (χ3v) is 2.82. The van der Waals surface area contributed by atoms with Gasteiger partial charge < -0.3 is 16.2 Å². The highest BCUT2D eigenvalue weighted by Crippen LogP contribution is 2.18. The molecule has 2 aromatic carbocycles. The smallest absolute Gasteiger partial charge is 0.252 e. The molecule has 0 saturated heterocycles. The van der Waals surface area contributed by atoms with Gasteiger partial charge in [0.1, 0.15) is 6.10 Å².